The first-order chi connectivity index (χ1) is 17.5. The summed E-state index contributed by atoms with van der Waals surface area (Å²) >= 11 is 0. The SMILES string of the molecule is O=C(OCC1OC(n2cc3cccnc3nc2=O)C(F)C1OC(=O)c1ccccc1)c1ccccc1. The molecule has 182 valence electrons. The van der Waals surface area contributed by atoms with Gasteiger partial charge in [-0.25, -0.2) is 23.8 Å². The van der Waals surface area contributed by atoms with E-state index in [4.69, 9.17) is 14.2 Å². The zero-order valence-electron chi connectivity index (χ0n) is 18.8. The molecule has 1 saturated heterocycles. The molecule has 4 aromatic rings. The molecule has 4 unspecified atom stereocenters. The van der Waals surface area contributed by atoms with Gasteiger partial charge in [-0.1, -0.05) is 36.4 Å². The van der Waals surface area contributed by atoms with Gasteiger partial charge >= 0.3 is 17.6 Å². The minimum Gasteiger partial charge on any atom is -0.459 e. The molecule has 4 atom stereocenters. The molecule has 0 aliphatic carbocycles. The minimum absolute atomic E-state index is 0.201. The van der Waals surface area contributed by atoms with E-state index in [1.165, 1.54) is 24.5 Å². The van der Waals surface area contributed by atoms with Crippen molar-refractivity contribution in [2.75, 3.05) is 6.61 Å². The van der Waals surface area contributed by atoms with Crippen molar-refractivity contribution in [3.05, 3.63) is 107 Å². The predicted molar refractivity (Wildman–Crippen MR) is 125 cm³/mol. The second-order valence-electron chi connectivity index (χ2n) is 8.06. The first kappa shape index (κ1) is 23.3. The van der Waals surface area contributed by atoms with Crippen molar-refractivity contribution in [2.45, 2.75) is 24.6 Å². The van der Waals surface area contributed by atoms with E-state index in [0.717, 1.165) is 4.57 Å². The van der Waals surface area contributed by atoms with Crippen molar-refractivity contribution >= 4 is 23.0 Å². The average molecular weight is 489 g/mol. The van der Waals surface area contributed by atoms with Crippen LogP contribution < -0.4 is 5.69 Å². The minimum atomic E-state index is -1.95. The number of aromatic nitrogens is 3. The van der Waals surface area contributed by atoms with Gasteiger partial charge in [-0.15, -0.1) is 0 Å². The normalized spacial score (nSPS) is 21.2. The molecule has 1 aliphatic rings. The fraction of sp³-hybridized carbons (Fsp3) is 0.192. The molecule has 1 aliphatic heterocycles. The number of hydrogen-bond donors (Lipinski definition) is 0. The molecule has 10 heteroatoms. The second-order valence-corrected chi connectivity index (χ2v) is 8.06. The Morgan fingerprint density at radius 2 is 1.61 bits per heavy atom. The van der Waals surface area contributed by atoms with Crippen LogP contribution in [-0.4, -0.2) is 51.5 Å². The number of alkyl halides is 1. The van der Waals surface area contributed by atoms with Crippen molar-refractivity contribution in [2.24, 2.45) is 0 Å². The Morgan fingerprint density at radius 3 is 2.31 bits per heavy atom. The molecule has 0 N–H and O–H groups in total. The molecule has 0 amide bonds. The van der Waals surface area contributed by atoms with E-state index >= 15 is 4.39 Å². The van der Waals surface area contributed by atoms with Crippen molar-refractivity contribution in [1.29, 1.82) is 0 Å². The zero-order chi connectivity index (χ0) is 25.1. The van der Waals surface area contributed by atoms with Crippen LogP contribution in [0.4, 0.5) is 4.39 Å². The van der Waals surface area contributed by atoms with Crippen LogP contribution in [-0.2, 0) is 14.2 Å². The first-order valence-corrected chi connectivity index (χ1v) is 11.1. The van der Waals surface area contributed by atoms with E-state index in [0.29, 0.717) is 10.9 Å². The Hall–Kier alpha value is -4.44. The number of benzene rings is 2. The highest BCUT2D eigenvalue weighted by molar-refractivity contribution is 5.90. The summed E-state index contributed by atoms with van der Waals surface area (Å²) in [6, 6.07) is 19.6. The third kappa shape index (κ3) is 4.71. The fourth-order valence-electron chi connectivity index (χ4n) is 3.91. The number of ether oxygens (including phenoxy) is 3. The molecule has 2 aromatic carbocycles. The molecule has 1 fully saturated rings. The molecule has 9 nitrogen and oxygen atoms in total. The summed E-state index contributed by atoms with van der Waals surface area (Å²) in [7, 11) is 0. The van der Waals surface area contributed by atoms with Gasteiger partial charge < -0.3 is 14.2 Å². The Morgan fingerprint density at radius 1 is 0.944 bits per heavy atom. The van der Waals surface area contributed by atoms with Crippen LogP contribution in [0.3, 0.4) is 0 Å². The Bertz CT molecular complexity index is 1450. The first-order valence-electron chi connectivity index (χ1n) is 11.1. The van der Waals surface area contributed by atoms with Crippen LogP contribution in [0.5, 0.6) is 0 Å². The lowest BCUT2D eigenvalue weighted by Crippen LogP contribution is -2.37. The number of nitrogens with zero attached hydrogens (tertiary/aromatic N) is 3. The largest absolute Gasteiger partial charge is 0.459 e. The van der Waals surface area contributed by atoms with Crippen molar-refractivity contribution in [3.8, 4) is 0 Å². The van der Waals surface area contributed by atoms with Gasteiger partial charge in [-0.2, -0.15) is 4.98 Å². The van der Waals surface area contributed by atoms with Crippen LogP contribution in [0, 0.1) is 0 Å². The number of hydrogen-bond acceptors (Lipinski definition) is 8. The topological polar surface area (TPSA) is 110 Å². The van der Waals surface area contributed by atoms with Crippen LogP contribution in [0.1, 0.15) is 26.9 Å². The zero-order valence-corrected chi connectivity index (χ0v) is 18.8. The molecule has 0 radical (unpaired) electrons. The summed E-state index contributed by atoms with van der Waals surface area (Å²) < 4.78 is 33.3. The fourth-order valence-corrected chi connectivity index (χ4v) is 3.91. The van der Waals surface area contributed by atoms with Crippen molar-refractivity contribution in [3.63, 3.8) is 0 Å². The molecule has 2 aromatic heterocycles. The standard InChI is InChI=1S/C26H20FN3O6/c27-20-21(36-25(32)17-10-5-2-6-11-17)19(15-34-24(31)16-8-3-1-4-9-16)35-23(20)30-14-18-12-7-13-28-22(18)29-26(30)33/h1-14,19-21,23H,15H2. The molecule has 0 saturated carbocycles. The van der Waals surface area contributed by atoms with E-state index in [2.05, 4.69) is 9.97 Å². The number of fused-ring (bicyclic) bond motifs is 1. The number of pyridine rings is 1. The van der Waals surface area contributed by atoms with Crippen molar-refractivity contribution < 1.29 is 28.2 Å². The molecule has 3 heterocycles. The van der Waals surface area contributed by atoms with Gasteiger partial charge in [-0.3, -0.25) is 4.57 Å². The smallest absolute Gasteiger partial charge is 0.351 e. The van der Waals surface area contributed by atoms with Crippen LogP contribution in [0.2, 0.25) is 0 Å². The number of carbonyl (C=O) groups excluding carboxylic acids is 2. The molecule has 0 bridgehead atoms. The third-order valence-corrected chi connectivity index (χ3v) is 5.70. The number of carbonyl (C=O) groups is 2. The van der Waals surface area contributed by atoms with Gasteiger partial charge in [0.2, 0.25) is 0 Å². The third-order valence-electron chi connectivity index (χ3n) is 5.70. The molecular weight excluding hydrogens is 469 g/mol. The van der Waals surface area contributed by atoms with Gasteiger partial charge in [-0.05, 0) is 36.4 Å². The summed E-state index contributed by atoms with van der Waals surface area (Å²) in [5, 5.41) is 0.490. The highest BCUT2D eigenvalue weighted by atomic mass is 19.1. The van der Waals surface area contributed by atoms with Gasteiger partial charge in [0.25, 0.3) is 0 Å². The molecular formula is C26H20FN3O6. The van der Waals surface area contributed by atoms with E-state index in [9.17, 15) is 14.4 Å². The van der Waals surface area contributed by atoms with Crippen molar-refractivity contribution in [1.82, 2.24) is 14.5 Å². The number of halogens is 1. The molecule has 36 heavy (non-hydrogen) atoms. The lowest BCUT2D eigenvalue weighted by atomic mass is 10.1. The maximum Gasteiger partial charge on any atom is 0.351 e. The monoisotopic (exact) mass is 489 g/mol. The van der Waals surface area contributed by atoms with Gasteiger partial charge in [0.15, 0.2) is 24.2 Å². The summed E-state index contributed by atoms with van der Waals surface area (Å²) in [6.45, 7) is -0.408. The van der Waals surface area contributed by atoms with Crippen LogP contribution >= 0.6 is 0 Å². The van der Waals surface area contributed by atoms with Crippen LogP contribution in [0.15, 0.2) is 90.0 Å². The van der Waals surface area contributed by atoms with E-state index in [1.807, 2.05) is 0 Å². The van der Waals surface area contributed by atoms with E-state index in [1.54, 1.807) is 60.7 Å². The van der Waals surface area contributed by atoms with E-state index < -0.39 is 48.8 Å². The number of esters is 2. The lowest BCUT2D eigenvalue weighted by Gasteiger charge is -2.19. The summed E-state index contributed by atoms with van der Waals surface area (Å²) in [6.07, 6.45) is -3.19. The van der Waals surface area contributed by atoms with Gasteiger partial charge in [0.05, 0.1) is 11.1 Å². The maximum absolute atomic E-state index is 15.7. The summed E-state index contributed by atoms with van der Waals surface area (Å²) in [4.78, 5) is 45.7. The summed E-state index contributed by atoms with van der Waals surface area (Å²) in [5.74, 6) is -1.43. The predicted octanol–water partition coefficient (Wildman–Crippen LogP) is 3.11. The Balaban J connectivity index is 1.42. The maximum atomic E-state index is 15.7. The highest BCUT2D eigenvalue weighted by Crippen LogP contribution is 2.34. The second kappa shape index (κ2) is 10.0. The highest BCUT2D eigenvalue weighted by Gasteiger charge is 2.49. The molecule has 5 rings (SSSR count). The lowest BCUT2D eigenvalue weighted by molar-refractivity contribution is -0.0590. The Labute approximate surface area is 204 Å². The Kier molecular flexibility index (Phi) is 6.50. The van der Waals surface area contributed by atoms with Gasteiger partial charge in [0.1, 0.15) is 12.7 Å². The number of rotatable bonds is 6. The molecule has 0 spiro atoms. The van der Waals surface area contributed by atoms with Crippen LogP contribution in [0.25, 0.3) is 11.0 Å². The van der Waals surface area contributed by atoms with E-state index in [-0.39, 0.29) is 11.2 Å². The quantitative estimate of drug-likeness (QED) is 0.380. The average Bonchev–Trinajstić information content (AvgIpc) is 3.22. The van der Waals surface area contributed by atoms with Gasteiger partial charge in [0, 0.05) is 17.8 Å². The summed E-state index contributed by atoms with van der Waals surface area (Å²) in [5.41, 5.74) is -0.0793.